The van der Waals surface area contributed by atoms with Crippen molar-refractivity contribution in [1.82, 2.24) is 0 Å². The molecule has 2 atom stereocenters. The number of rotatable bonds is 8. The van der Waals surface area contributed by atoms with E-state index in [2.05, 4.69) is 81.1 Å². The molecule has 0 N–H and O–H groups in total. The lowest BCUT2D eigenvalue weighted by Crippen LogP contribution is -2.26. The highest BCUT2D eigenvalue weighted by Gasteiger charge is 2.33. The summed E-state index contributed by atoms with van der Waals surface area (Å²) in [7, 11) is 0. The molecule has 182 valence electrons. The summed E-state index contributed by atoms with van der Waals surface area (Å²) in [5.41, 5.74) is 7.42. The largest absolute Gasteiger partial charge is 0.294 e. The van der Waals surface area contributed by atoms with Crippen molar-refractivity contribution in [3.8, 4) is 0 Å². The average molecular weight is 465 g/mol. The Labute approximate surface area is 212 Å². The first-order valence-electron chi connectivity index (χ1n) is 13.5. The Hall–Kier alpha value is -2.93. The standard InChI is InChI=1S/C34H40O/c1-4-11-32(31-14-9-6-10-15-31)34-26(3)28(22-23-33(34)35)19-16-25(2)24-27-17-20-30(21-18-27)29-12-7-5-8-13-29/h6,9-10,14-23,29,32,34H,3-5,7-8,11-13,24H2,1-2H3/b25-16+,28-19-. The molecule has 0 radical (unpaired) electrons. The Balaban J connectivity index is 1.46. The van der Waals surface area contributed by atoms with Crippen LogP contribution in [-0.4, -0.2) is 5.78 Å². The van der Waals surface area contributed by atoms with E-state index in [1.807, 2.05) is 12.1 Å². The van der Waals surface area contributed by atoms with E-state index in [9.17, 15) is 4.79 Å². The maximum Gasteiger partial charge on any atom is 0.163 e. The number of hydrogen-bond acceptors (Lipinski definition) is 1. The minimum atomic E-state index is -0.186. The summed E-state index contributed by atoms with van der Waals surface area (Å²) in [6.45, 7) is 8.78. The number of allylic oxidation sites excluding steroid dienone is 7. The summed E-state index contributed by atoms with van der Waals surface area (Å²) in [5.74, 6) is 0.913. The van der Waals surface area contributed by atoms with Crippen LogP contribution in [0.25, 0.3) is 0 Å². The second-order valence-corrected chi connectivity index (χ2v) is 10.4. The maximum atomic E-state index is 13.0. The zero-order valence-corrected chi connectivity index (χ0v) is 21.5. The summed E-state index contributed by atoms with van der Waals surface area (Å²) in [6, 6.07) is 19.7. The van der Waals surface area contributed by atoms with Gasteiger partial charge in [0.15, 0.2) is 5.78 Å². The molecular weight excluding hydrogens is 424 g/mol. The van der Waals surface area contributed by atoms with Gasteiger partial charge in [-0.05, 0) is 78.4 Å². The SMILES string of the molecule is C=C1/C(=C\C=C(/C)Cc2ccc(C3CCCCC3)cc2)C=CC(=O)C1C(CCC)c1ccccc1. The van der Waals surface area contributed by atoms with Gasteiger partial charge in [-0.25, -0.2) is 0 Å². The van der Waals surface area contributed by atoms with Crippen LogP contribution in [0.3, 0.4) is 0 Å². The molecule has 1 fully saturated rings. The van der Waals surface area contributed by atoms with E-state index in [1.165, 1.54) is 54.4 Å². The molecule has 0 amide bonds. The molecule has 0 saturated heterocycles. The van der Waals surface area contributed by atoms with E-state index in [0.717, 1.165) is 36.3 Å². The molecule has 4 rings (SSSR count). The number of carbonyl (C=O) groups excluding carboxylic acids is 1. The van der Waals surface area contributed by atoms with Crippen LogP contribution < -0.4 is 0 Å². The summed E-state index contributed by atoms with van der Waals surface area (Å²) in [6.07, 6.45) is 17.8. The Bertz CT molecular complexity index is 1090. The van der Waals surface area contributed by atoms with Gasteiger partial charge in [0, 0.05) is 0 Å². The highest BCUT2D eigenvalue weighted by Crippen LogP contribution is 2.39. The normalized spacial score (nSPS) is 21.5. The molecular formula is C34H40O. The monoisotopic (exact) mass is 464 g/mol. The third kappa shape index (κ3) is 6.40. The van der Waals surface area contributed by atoms with E-state index in [0.29, 0.717) is 0 Å². The van der Waals surface area contributed by atoms with Crippen molar-refractivity contribution in [3.63, 3.8) is 0 Å². The summed E-state index contributed by atoms with van der Waals surface area (Å²) in [4.78, 5) is 13.0. The summed E-state index contributed by atoms with van der Waals surface area (Å²) >= 11 is 0. The van der Waals surface area contributed by atoms with E-state index >= 15 is 0 Å². The van der Waals surface area contributed by atoms with Gasteiger partial charge in [-0.3, -0.25) is 4.79 Å². The molecule has 2 aliphatic rings. The molecule has 0 aliphatic heterocycles. The molecule has 2 aromatic rings. The molecule has 1 saturated carbocycles. The van der Waals surface area contributed by atoms with Crippen molar-refractivity contribution in [1.29, 1.82) is 0 Å². The third-order valence-electron chi connectivity index (χ3n) is 7.80. The fraction of sp³-hybridized carbons (Fsp3) is 0.382. The number of benzene rings is 2. The van der Waals surface area contributed by atoms with Crippen molar-refractivity contribution < 1.29 is 4.79 Å². The van der Waals surface area contributed by atoms with Gasteiger partial charge in [0.2, 0.25) is 0 Å². The van der Waals surface area contributed by atoms with Gasteiger partial charge in [0.25, 0.3) is 0 Å². The van der Waals surface area contributed by atoms with Crippen LogP contribution >= 0.6 is 0 Å². The predicted octanol–water partition coefficient (Wildman–Crippen LogP) is 9.04. The Morgan fingerprint density at radius 2 is 1.71 bits per heavy atom. The number of ketones is 1. The fourth-order valence-electron chi connectivity index (χ4n) is 5.83. The minimum Gasteiger partial charge on any atom is -0.294 e. The zero-order chi connectivity index (χ0) is 24.6. The summed E-state index contributed by atoms with van der Waals surface area (Å²) in [5, 5.41) is 0. The molecule has 0 bridgehead atoms. The van der Waals surface area contributed by atoms with Crippen LogP contribution in [0.15, 0.2) is 102 Å². The van der Waals surface area contributed by atoms with Gasteiger partial charge in [-0.2, -0.15) is 0 Å². The van der Waals surface area contributed by atoms with Crippen molar-refractivity contribution in [2.45, 2.75) is 77.0 Å². The van der Waals surface area contributed by atoms with E-state index in [1.54, 1.807) is 6.08 Å². The highest BCUT2D eigenvalue weighted by molar-refractivity contribution is 5.98. The van der Waals surface area contributed by atoms with E-state index in [-0.39, 0.29) is 17.6 Å². The Morgan fingerprint density at radius 3 is 2.40 bits per heavy atom. The Morgan fingerprint density at radius 1 is 1.00 bits per heavy atom. The van der Waals surface area contributed by atoms with Crippen LogP contribution in [0.5, 0.6) is 0 Å². The van der Waals surface area contributed by atoms with Crippen molar-refractivity contribution >= 4 is 5.78 Å². The van der Waals surface area contributed by atoms with E-state index < -0.39 is 0 Å². The first kappa shape index (κ1) is 25.2. The lowest BCUT2D eigenvalue weighted by atomic mass is 9.72. The lowest BCUT2D eigenvalue weighted by molar-refractivity contribution is -0.117. The van der Waals surface area contributed by atoms with Gasteiger partial charge < -0.3 is 0 Å². The zero-order valence-electron chi connectivity index (χ0n) is 21.5. The topological polar surface area (TPSA) is 17.1 Å². The van der Waals surface area contributed by atoms with Crippen LogP contribution in [-0.2, 0) is 11.2 Å². The molecule has 0 spiro atoms. The highest BCUT2D eigenvalue weighted by atomic mass is 16.1. The smallest absolute Gasteiger partial charge is 0.163 e. The van der Waals surface area contributed by atoms with Crippen LogP contribution in [0.1, 0.15) is 87.3 Å². The number of hydrogen-bond donors (Lipinski definition) is 0. The van der Waals surface area contributed by atoms with Crippen LogP contribution in [0, 0.1) is 5.92 Å². The van der Waals surface area contributed by atoms with Crippen molar-refractivity contribution in [3.05, 3.63) is 119 Å². The first-order valence-corrected chi connectivity index (χ1v) is 13.5. The lowest BCUT2D eigenvalue weighted by Gasteiger charge is -2.30. The number of carbonyl (C=O) groups is 1. The quantitative estimate of drug-likeness (QED) is 0.381. The average Bonchev–Trinajstić information content (AvgIpc) is 2.89. The predicted molar refractivity (Wildman–Crippen MR) is 149 cm³/mol. The second-order valence-electron chi connectivity index (χ2n) is 10.4. The fourth-order valence-corrected chi connectivity index (χ4v) is 5.83. The molecule has 35 heavy (non-hydrogen) atoms. The summed E-state index contributed by atoms with van der Waals surface area (Å²) < 4.78 is 0. The molecule has 1 heteroatoms. The van der Waals surface area contributed by atoms with Crippen LogP contribution in [0.4, 0.5) is 0 Å². The minimum absolute atomic E-state index is 0.169. The van der Waals surface area contributed by atoms with Gasteiger partial charge >= 0.3 is 0 Å². The molecule has 2 unspecified atom stereocenters. The van der Waals surface area contributed by atoms with Gasteiger partial charge in [0.1, 0.15) is 0 Å². The molecule has 2 aliphatic carbocycles. The van der Waals surface area contributed by atoms with Gasteiger partial charge in [-0.1, -0.05) is 118 Å². The second kappa shape index (κ2) is 12.2. The van der Waals surface area contributed by atoms with Gasteiger partial charge in [0.05, 0.1) is 5.92 Å². The van der Waals surface area contributed by atoms with Gasteiger partial charge in [-0.15, -0.1) is 0 Å². The Kier molecular flexibility index (Phi) is 8.74. The molecule has 0 aromatic heterocycles. The van der Waals surface area contributed by atoms with Crippen molar-refractivity contribution in [2.24, 2.45) is 5.92 Å². The maximum absolute atomic E-state index is 13.0. The first-order chi connectivity index (χ1) is 17.1. The molecule has 2 aromatic carbocycles. The third-order valence-corrected chi connectivity index (χ3v) is 7.80. The van der Waals surface area contributed by atoms with E-state index in [4.69, 9.17) is 0 Å². The molecule has 0 heterocycles. The van der Waals surface area contributed by atoms with Crippen LogP contribution in [0.2, 0.25) is 0 Å². The van der Waals surface area contributed by atoms with Crippen molar-refractivity contribution in [2.75, 3.05) is 0 Å². The molecule has 1 nitrogen and oxygen atoms in total.